The molecule has 0 aromatic carbocycles. The minimum Gasteiger partial charge on any atom is -0.474 e. The van der Waals surface area contributed by atoms with Crippen molar-refractivity contribution in [2.45, 2.75) is 69.4 Å². The van der Waals surface area contributed by atoms with Crippen molar-refractivity contribution in [3.63, 3.8) is 0 Å². The first-order valence-electron chi connectivity index (χ1n) is 10.1. The molecule has 1 atom stereocenters. The molecule has 140 valence electrons. The van der Waals surface area contributed by atoms with Gasteiger partial charge < -0.3 is 14.7 Å². The lowest BCUT2D eigenvalue weighted by molar-refractivity contribution is 0.0978. The number of fused-ring (bicyclic) bond motifs is 3. The molecule has 1 unspecified atom stereocenters. The summed E-state index contributed by atoms with van der Waals surface area (Å²) in [5.74, 6) is 0.968. The Balaban J connectivity index is 1.34. The van der Waals surface area contributed by atoms with Crippen LogP contribution in [0.1, 0.15) is 61.3 Å². The van der Waals surface area contributed by atoms with Gasteiger partial charge >= 0.3 is 0 Å². The van der Waals surface area contributed by atoms with Crippen LogP contribution < -0.4 is 4.74 Å². The number of hydrogen-bond donors (Lipinski definition) is 1. The van der Waals surface area contributed by atoms with Crippen LogP contribution in [0.3, 0.4) is 0 Å². The summed E-state index contributed by atoms with van der Waals surface area (Å²) < 4.78 is 6.41. The predicted octanol–water partition coefficient (Wildman–Crippen LogP) is 3.50. The van der Waals surface area contributed by atoms with Crippen LogP contribution >= 0.6 is 11.3 Å². The Bertz CT molecular complexity index is 779. The summed E-state index contributed by atoms with van der Waals surface area (Å²) in [6.07, 6.45) is 11.4. The molecule has 2 fully saturated rings. The van der Waals surface area contributed by atoms with Crippen LogP contribution in [0.5, 0.6) is 5.88 Å². The highest BCUT2D eigenvalue weighted by Gasteiger charge is 2.32. The Morgan fingerprint density at radius 2 is 1.92 bits per heavy atom. The van der Waals surface area contributed by atoms with Gasteiger partial charge in [-0.15, -0.1) is 11.3 Å². The molecule has 2 aromatic heterocycles. The minimum absolute atomic E-state index is 0.202. The Hall–Kier alpha value is -1.24. The maximum absolute atomic E-state index is 9.75. The first-order chi connectivity index (χ1) is 12.8. The largest absolute Gasteiger partial charge is 0.474 e. The van der Waals surface area contributed by atoms with Crippen molar-refractivity contribution >= 4 is 21.6 Å². The molecule has 1 saturated carbocycles. The van der Waals surface area contributed by atoms with E-state index >= 15 is 0 Å². The van der Waals surface area contributed by atoms with Crippen molar-refractivity contribution in [2.24, 2.45) is 0 Å². The number of nitrogens with zero attached hydrogens (tertiary/aromatic N) is 3. The van der Waals surface area contributed by atoms with E-state index in [4.69, 9.17) is 4.74 Å². The zero-order valence-corrected chi connectivity index (χ0v) is 16.0. The summed E-state index contributed by atoms with van der Waals surface area (Å²) in [5.41, 5.74) is 1.26. The second kappa shape index (κ2) is 7.06. The third kappa shape index (κ3) is 2.92. The van der Waals surface area contributed by atoms with Gasteiger partial charge in [0, 0.05) is 16.8 Å². The summed E-state index contributed by atoms with van der Waals surface area (Å²) in [4.78, 5) is 14.0. The van der Waals surface area contributed by atoms with E-state index in [9.17, 15) is 5.11 Å². The molecule has 6 heteroatoms. The number of aliphatic hydroxyl groups excluding tert-OH is 1. The zero-order chi connectivity index (χ0) is 17.5. The number of ether oxygens (including phenoxy) is 1. The predicted molar refractivity (Wildman–Crippen MR) is 103 cm³/mol. The second-order valence-corrected chi connectivity index (χ2v) is 9.09. The van der Waals surface area contributed by atoms with Gasteiger partial charge in [-0.2, -0.15) is 0 Å². The van der Waals surface area contributed by atoms with Crippen LogP contribution in [0.15, 0.2) is 6.33 Å². The van der Waals surface area contributed by atoms with E-state index in [2.05, 4.69) is 14.9 Å². The van der Waals surface area contributed by atoms with Gasteiger partial charge in [-0.3, -0.25) is 0 Å². The van der Waals surface area contributed by atoms with Crippen molar-refractivity contribution in [1.29, 1.82) is 0 Å². The van der Waals surface area contributed by atoms with Gasteiger partial charge in [-0.25, -0.2) is 9.97 Å². The van der Waals surface area contributed by atoms with Gasteiger partial charge in [-0.05, 0) is 70.0 Å². The second-order valence-electron chi connectivity index (χ2n) is 8.01. The summed E-state index contributed by atoms with van der Waals surface area (Å²) in [7, 11) is 0. The van der Waals surface area contributed by atoms with Gasteiger partial charge in [0.2, 0.25) is 5.88 Å². The number of likely N-dealkylation sites (tertiary alicyclic amines) is 1. The molecule has 1 aliphatic heterocycles. The first kappa shape index (κ1) is 16.9. The minimum atomic E-state index is 0.202. The van der Waals surface area contributed by atoms with E-state index in [0.29, 0.717) is 0 Å². The lowest BCUT2D eigenvalue weighted by Gasteiger charge is -2.34. The van der Waals surface area contributed by atoms with E-state index in [0.717, 1.165) is 47.8 Å². The van der Waals surface area contributed by atoms with Crippen LogP contribution in [0, 0.1) is 0 Å². The number of aromatic nitrogens is 2. The lowest BCUT2D eigenvalue weighted by Crippen LogP contribution is -2.38. The maximum Gasteiger partial charge on any atom is 0.225 e. The Morgan fingerprint density at radius 1 is 1.12 bits per heavy atom. The Kier molecular flexibility index (Phi) is 4.59. The molecule has 2 aromatic rings. The summed E-state index contributed by atoms with van der Waals surface area (Å²) in [5, 5.41) is 10.8. The summed E-state index contributed by atoms with van der Waals surface area (Å²) in [6.45, 7) is 2.77. The molecule has 0 bridgehead atoms. The molecule has 1 saturated heterocycles. The smallest absolute Gasteiger partial charge is 0.225 e. The fraction of sp³-hybridized carbons (Fsp3) is 0.700. The van der Waals surface area contributed by atoms with Crippen molar-refractivity contribution in [3.05, 3.63) is 16.8 Å². The number of rotatable bonds is 4. The average molecular weight is 374 g/mol. The number of aryl methyl sites for hydroxylation is 1. The van der Waals surface area contributed by atoms with E-state index in [1.807, 2.05) is 0 Å². The fourth-order valence-electron chi connectivity index (χ4n) is 5.11. The number of hydrogen-bond acceptors (Lipinski definition) is 6. The van der Waals surface area contributed by atoms with Crippen molar-refractivity contribution < 1.29 is 9.84 Å². The summed E-state index contributed by atoms with van der Waals surface area (Å²) in [6, 6.07) is 0.756. The van der Waals surface area contributed by atoms with Crippen LogP contribution in [0.4, 0.5) is 0 Å². The fourth-order valence-corrected chi connectivity index (χ4v) is 6.34. The summed E-state index contributed by atoms with van der Waals surface area (Å²) >= 11 is 1.75. The highest BCUT2D eigenvalue weighted by Crippen LogP contribution is 2.46. The third-order valence-corrected chi connectivity index (χ3v) is 7.67. The average Bonchev–Trinajstić information content (AvgIpc) is 3.39. The van der Waals surface area contributed by atoms with Gasteiger partial charge in [0.25, 0.3) is 0 Å². The number of thiophene rings is 1. The molecule has 0 amide bonds. The van der Waals surface area contributed by atoms with Crippen molar-refractivity contribution in [1.82, 2.24) is 14.9 Å². The molecule has 3 heterocycles. The Morgan fingerprint density at radius 3 is 2.69 bits per heavy atom. The monoisotopic (exact) mass is 373 g/mol. The molecule has 0 spiro atoms. The van der Waals surface area contributed by atoms with Gasteiger partial charge in [0.1, 0.15) is 17.3 Å². The van der Waals surface area contributed by atoms with Crippen LogP contribution in [0.25, 0.3) is 10.2 Å². The normalized spacial score (nSPS) is 29.3. The lowest BCUT2D eigenvalue weighted by atomic mass is 9.92. The van der Waals surface area contributed by atoms with Crippen molar-refractivity contribution in [2.75, 3.05) is 19.7 Å². The first-order valence-corrected chi connectivity index (χ1v) is 10.9. The van der Waals surface area contributed by atoms with Crippen LogP contribution in [0.2, 0.25) is 0 Å². The SMILES string of the molecule is OCC1CCc2sc3ncnc(OC4CCC(N5CCCC5)CC4)c3c21. The molecule has 2 aliphatic carbocycles. The third-order valence-electron chi connectivity index (χ3n) is 6.49. The molecule has 5 rings (SSSR count). The van der Waals surface area contributed by atoms with Crippen LogP contribution in [-0.2, 0) is 6.42 Å². The van der Waals surface area contributed by atoms with Gasteiger partial charge in [0.15, 0.2) is 0 Å². The van der Waals surface area contributed by atoms with Crippen molar-refractivity contribution in [3.8, 4) is 5.88 Å². The quantitative estimate of drug-likeness (QED) is 0.889. The molecular weight excluding hydrogens is 346 g/mol. The highest BCUT2D eigenvalue weighted by atomic mass is 32.1. The van der Waals surface area contributed by atoms with Gasteiger partial charge in [0.05, 0.1) is 12.0 Å². The molecule has 5 nitrogen and oxygen atoms in total. The van der Waals surface area contributed by atoms with Crippen LogP contribution in [-0.4, -0.2) is 51.8 Å². The highest BCUT2D eigenvalue weighted by molar-refractivity contribution is 7.19. The van der Waals surface area contributed by atoms with E-state index in [1.54, 1.807) is 17.7 Å². The standard InChI is InChI=1S/C20H27N3O2S/c24-11-13-3-8-16-17(13)18-19(21-12-22-20(18)26-16)25-15-6-4-14(5-7-15)23-9-1-2-10-23/h12-15,24H,1-11H2. The zero-order valence-electron chi connectivity index (χ0n) is 15.2. The molecule has 1 N–H and O–H groups in total. The molecule has 0 radical (unpaired) electrons. The van der Waals surface area contributed by atoms with Gasteiger partial charge in [-0.1, -0.05) is 0 Å². The topological polar surface area (TPSA) is 58.5 Å². The molecular formula is C20H27N3O2S. The number of aliphatic hydroxyl groups is 1. The Labute approximate surface area is 158 Å². The molecule has 26 heavy (non-hydrogen) atoms. The van der Waals surface area contributed by atoms with E-state index < -0.39 is 0 Å². The molecule has 3 aliphatic rings. The maximum atomic E-state index is 9.75. The van der Waals surface area contributed by atoms with E-state index in [1.165, 1.54) is 49.2 Å². The van der Waals surface area contributed by atoms with E-state index in [-0.39, 0.29) is 18.6 Å².